The summed E-state index contributed by atoms with van der Waals surface area (Å²) in [7, 11) is 2.33. The summed E-state index contributed by atoms with van der Waals surface area (Å²) < 4.78 is 0. The first-order chi connectivity index (χ1) is 7.27. The van der Waals surface area contributed by atoms with Gasteiger partial charge in [0, 0.05) is 13.1 Å². The lowest BCUT2D eigenvalue weighted by molar-refractivity contribution is 0.0866. The van der Waals surface area contributed by atoms with E-state index in [0.29, 0.717) is 0 Å². The SMILES string of the molecule is CN1CC(C2CCNCC2)CC2(CC2)C1. The Bertz CT molecular complexity index is 229. The summed E-state index contributed by atoms with van der Waals surface area (Å²) in [5.74, 6) is 2.03. The molecule has 1 aliphatic carbocycles. The van der Waals surface area contributed by atoms with Crippen LogP contribution >= 0.6 is 0 Å². The Labute approximate surface area is 93.4 Å². The van der Waals surface area contributed by atoms with E-state index in [1.165, 1.54) is 51.9 Å². The molecule has 2 heterocycles. The van der Waals surface area contributed by atoms with Crippen LogP contribution in [0.1, 0.15) is 32.1 Å². The van der Waals surface area contributed by atoms with Crippen LogP contribution in [0.4, 0.5) is 0 Å². The van der Waals surface area contributed by atoms with Crippen molar-refractivity contribution in [2.75, 3.05) is 33.2 Å². The lowest BCUT2D eigenvalue weighted by Crippen LogP contribution is -2.44. The monoisotopic (exact) mass is 208 g/mol. The first-order valence-electron chi connectivity index (χ1n) is 6.67. The molecular weight excluding hydrogens is 184 g/mol. The van der Waals surface area contributed by atoms with Crippen LogP contribution in [0.3, 0.4) is 0 Å². The van der Waals surface area contributed by atoms with Gasteiger partial charge in [-0.1, -0.05) is 0 Å². The number of hydrogen-bond acceptors (Lipinski definition) is 2. The van der Waals surface area contributed by atoms with Crippen molar-refractivity contribution in [1.82, 2.24) is 10.2 Å². The Morgan fingerprint density at radius 1 is 1.13 bits per heavy atom. The second kappa shape index (κ2) is 3.74. The van der Waals surface area contributed by atoms with Gasteiger partial charge < -0.3 is 10.2 Å². The minimum Gasteiger partial charge on any atom is -0.317 e. The van der Waals surface area contributed by atoms with Crippen LogP contribution in [0.15, 0.2) is 0 Å². The Morgan fingerprint density at radius 3 is 2.53 bits per heavy atom. The van der Waals surface area contributed by atoms with Crippen molar-refractivity contribution in [2.45, 2.75) is 32.1 Å². The number of piperidine rings is 2. The largest absolute Gasteiger partial charge is 0.317 e. The van der Waals surface area contributed by atoms with E-state index in [0.717, 1.165) is 17.3 Å². The third-order valence-corrected chi connectivity index (χ3v) is 4.85. The van der Waals surface area contributed by atoms with Gasteiger partial charge in [-0.15, -0.1) is 0 Å². The second-order valence-electron chi connectivity index (χ2n) is 6.25. The molecule has 0 amide bonds. The summed E-state index contributed by atoms with van der Waals surface area (Å²) >= 11 is 0. The van der Waals surface area contributed by atoms with Gasteiger partial charge in [0.15, 0.2) is 0 Å². The maximum atomic E-state index is 3.49. The average molecular weight is 208 g/mol. The fourth-order valence-electron chi connectivity index (χ4n) is 3.89. The third kappa shape index (κ3) is 2.07. The summed E-state index contributed by atoms with van der Waals surface area (Å²) in [4.78, 5) is 2.60. The van der Waals surface area contributed by atoms with Crippen molar-refractivity contribution in [3.63, 3.8) is 0 Å². The standard InChI is InChI=1S/C13H24N2/c1-15-9-12(8-13(10-15)4-5-13)11-2-6-14-7-3-11/h11-12,14H,2-10H2,1H3. The van der Waals surface area contributed by atoms with Gasteiger partial charge in [0.2, 0.25) is 0 Å². The number of rotatable bonds is 1. The second-order valence-corrected chi connectivity index (χ2v) is 6.25. The fraction of sp³-hybridized carbons (Fsp3) is 1.00. The van der Waals surface area contributed by atoms with Crippen molar-refractivity contribution < 1.29 is 0 Å². The molecule has 1 atom stereocenters. The van der Waals surface area contributed by atoms with Gasteiger partial charge in [0.05, 0.1) is 0 Å². The van der Waals surface area contributed by atoms with E-state index >= 15 is 0 Å². The van der Waals surface area contributed by atoms with Gasteiger partial charge in [-0.05, 0) is 69.5 Å². The van der Waals surface area contributed by atoms with Gasteiger partial charge >= 0.3 is 0 Å². The molecule has 2 saturated heterocycles. The highest BCUT2D eigenvalue weighted by molar-refractivity contribution is 5.01. The molecule has 0 aromatic heterocycles. The minimum atomic E-state index is 0.780. The zero-order valence-electron chi connectivity index (χ0n) is 9.97. The number of nitrogens with zero attached hydrogens (tertiary/aromatic N) is 1. The minimum absolute atomic E-state index is 0.780. The molecule has 3 fully saturated rings. The van der Waals surface area contributed by atoms with Crippen LogP contribution in [0.2, 0.25) is 0 Å². The van der Waals surface area contributed by atoms with Gasteiger partial charge in [0.1, 0.15) is 0 Å². The van der Waals surface area contributed by atoms with E-state index in [-0.39, 0.29) is 0 Å². The molecule has 1 unspecified atom stereocenters. The zero-order chi connectivity index (χ0) is 10.3. The summed E-state index contributed by atoms with van der Waals surface area (Å²) in [6.07, 6.45) is 7.42. The number of nitrogens with one attached hydrogen (secondary N) is 1. The Morgan fingerprint density at radius 2 is 1.87 bits per heavy atom. The Kier molecular flexibility index (Phi) is 2.52. The van der Waals surface area contributed by atoms with E-state index in [1.807, 2.05) is 0 Å². The molecule has 0 bridgehead atoms. The molecule has 3 aliphatic rings. The Balaban J connectivity index is 1.64. The van der Waals surface area contributed by atoms with Crippen molar-refractivity contribution in [1.29, 1.82) is 0 Å². The average Bonchev–Trinajstić information content (AvgIpc) is 2.97. The molecule has 1 N–H and O–H groups in total. The number of hydrogen-bond donors (Lipinski definition) is 1. The summed E-state index contributed by atoms with van der Waals surface area (Å²) in [6.45, 7) is 5.27. The first-order valence-corrected chi connectivity index (χ1v) is 6.67. The van der Waals surface area contributed by atoms with E-state index in [4.69, 9.17) is 0 Å². The fourth-order valence-corrected chi connectivity index (χ4v) is 3.89. The van der Waals surface area contributed by atoms with E-state index in [1.54, 1.807) is 6.42 Å². The first kappa shape index (κ1) is 10.1. The molecule has 1 spiro atoms. The maximum Gasteiger partial charge on any atom is 0.00352 e. The molecule has 2 aliphatic heterocycles. The molecule has 1 saturated carbocycles. The maximum absolute atomic E-state index is 3.49. The lowest BCUT2D eigenvalue weighted by Gasteiger charge is -2.41. The highest BCUT2D eigenvalue weighted by Gasteiger charge is 2.48. The molecule has 2 nitrogen and oxygen atoms in total. The van der Waals surface area contributed by atoms with Crippen LogP contribution < -0.4 is 5.32 Å². The molecule has 0 aromatic rings. The van der Waals surface area contributed by atoms with Gasteiger partial charge in [-0.25, -0.2) is 0 Å². The zero-order valence-corrected chi connectivity index (χ0v) is 9.97. The summed E-state index contributed by atoms with van der Waals surface area (Å²) in [6, 6.07) is 0. The molecule has 0 aromatic carbocycles. The van der Waals surface area contributed by atoms with Crippen molar-refractivity contribution in [3.05, 3.63) is 0 Å². The van der Waals surface area contributed by atoms with Crippen LogP contribution in [-0.4, -0.2) is 38.1 Å². The van der Waals surface area contributed by atoms with Crippen LogP contribution in [0.25, 0.3) is 0 Å². The molecule has 2 heteroatoms. The highest BCUT2D eigenvalue weighted by Crippen LogP contribution is 2.54. The molecule has 86 valence electrons. The van der Waals surface area contributed by atoms with Crippen LogP contribution in [0, 0.1) is 17.3 Å². The summed E-state index contributed by atoms with van der Waals surface area (Å²) in [5.41, 5.74) is 0.780. The molecule has 3 rings (SSSR count). The summed E-state index contributed by atoms with van der Waals surface area (Å²) in [5, 5.41) is 3.49. The van der Waals surface area contributed by atoms with E-state index in [2.05, 4.69) is 17.3 Å². The predicted octanol–water partition coefficient (Wildman–Crippen LogP) is 1.72. The molecule has 15 heavy (non-hydrogen) atoms. The van der Waals surface area contributed by atoms with Gasteiger partial charge in [0.25, 0.3) is 0 Å². The topological polar surface area (TPSA) is 15.3 Å². The van der Waals surface area contributed by atoms with Crippen molar-refractivity contribution in [3.8, 4) is 0 Å². The lowest BCUT2D eigenvalue weighted by atomic mass is 9.76. The van der Waals surface area contributed by atoms with Crippen molar-refractivity contribution >= 4 is 0 Å². The van der Waals surface area contributed by atoms with Gasteiger partial charge in [-0.3, -0.25) is 0 Å². The van der Waals surface area contributed by atoms with E-state index < -0.39 is 0 Å². The third-order valence-electron chi connectivity index (χ3n) is 4.85. The van der Waals surface area contributed by atoms with Crippen LogP contribution in [-0.2, 0) is 0 Å². The predicted molar refractivity (Wildman–Crippen MR) is 62.9 cm³/mol. The normalized spacial score (nSPS) is 37.0. The quantitative estimate of drug-likeness (QED) is 0.706. The highest BCUT2D eigenvalue weighted by atomic mass is 15.1. The van der Waals surface area contributed by atoms with Crippen LogP contribution in [0.5, 0.6) is 0 Å². The smallest absolute Gasteiger partial charge is 0.00352 e. The molecular formula is C13H24N2. The van der Waals surface area contributed by atoms with Crippen molar-refractivity contribution in [2.24, 2.45) is 17.3 Å². The number of likely N-dealkylation sites (tertiary alicyclic amines) is 1. The molecule has 0 radical (unpaired) electrons. The Hall–Kier alpha value is -0.0800. The van der Waals surface area contributed by atoms with Gasteiger partial charge in [-0.2, -0.15) is 0 Å². The van der Waals surface area contributed by atoms with E-state index in [9.17, 15) is 0 Å².